The van der Waals surface area contributed by atoms with Gasteiger partial charge in [0.25, 0.3) is 0 Å². The Morgan fingerprint density at radius 3 is 2.50 bits per heavy atom. The number of carbonyl (C=O) groups excluding carboxylic acids is 1. The molecule has 0 aliphatic rings. The summed E-state index contributed by atoms with van der Waals surface area (Å²) in [7, 11) is 3.32. The van der Waals surface area contributed by atoms with Gasteiger partial charge in [-0.15, -0.1) is 0 Å². The van der Waals surface area contributed by atoms with Gasteiger partial charge in [0, 0.05) is 25.9 Å². The Bertz CT molecular complexity index is 562. The molecule has 0 N–H and O–H groups in total. The van der Waals surface area contributed by atoms with Gasteiger partial charge in [-0.25, -0.2) is 4.39 Å². The van der Waals surface area contributed by atoms with Gasteiger partial charge in [-0.1, -0.05) is 23.2 Å². The molecule has 0 aliphatic carbocycles. The standard InChI is InChI=1S/C12H9Cl2FN2O/c1-17(2)6-7(5-16)12(18)8-3-11(15)10(14)4-9(8)13/h3-4,6H,1-2H3/b7-6-. The third kappa shape index (κ3) is 3.22. The Labute approximate surface area is 114 Å². The van der Waals surface area contributed by atoms with Crippen molar-refractivity contribution in [1.82, 2.24) is 4.90 Å². The van der Waals surface area contributed by atoms with E-state index in [1.54, 1.807) is 20.2 Å². The second-order valence-electron chi connectivity index (χ2n) is 3.69. The van der Waals surface area contributed by atoms with Gasteiger partial charge in [-0.05, 0) is 12.1 Å². The molecule has 0 saturated heterocycles. The lowest BCUT2D eigenvalue weighted by Crippen LogP contribution is -2.09. The third-order valence-electron chi connectivity index (χ3n) is 2.01. The molecule has 0 unspecified atom stereocenters. The number of rotatable bonds is 3. The summed E-state index contributed by atoms with van der Waals surface area (Å²) in [5.41, 5.74) is -0.225. The number of allylic oxidation sites excluding steroid dienone is 1. The number of ketones is 1. The van der Waals surface area contributed by atoms with Gasteiger partial charge < -0.3 is 4.90 Å². The van der Waals surface area contributed by atoms with Gasteiger partial charge in [0.15, 0.2) is 0 Å². The van der Waals surface area contributed by atoms with Crippen molar-refractivity contribution >= 4 is 29.0 Å². The molecule has 0 amide bonds. The summed E-state index contributed by atoms with van der Waals surface area (Å²) in [6.07, 6.45) is 1.34. The lowest BCUT2D eigenvalue weighted by molar-refractivity contribution is 0.103. The van der Waals surface area contributed by atoms with Crippen LogP contribution in [0.1, 0.15) is 10.4 Å². The molecule has 0 bridgehead atoms. The van der Waals surface area contributed by atoms with E-state index in [9.17, 15) is 9.18 Å². The van der Waals surface area contributed by atoms with E-state index in [0.717, 1.165) is 12.1 Å². The summed E-state index contributed by atoms with van der Waals surface area (Å²) in [5, 5.41) is 8.72. The maximum Gasteiger partial charge on any atom is 0.206 e. The molecule has 0 heterocycles. The predicted octanol–water partition coefficient (Wildman–Crippen LogP) is 3.28. The van der Waals surface area contributed by atoms with E-state index in [2.05, 4.69) is 0 Å². The van der Waals surface area contributed by atoms with E-state index >= 15 is 0 Å². The van der Waals surface area contributed by atoms with Crippen LogP contribution >= 0.6 is 23.2 Å². The lowest BCUT2D eigenvalue weighted by atomic mass is 10.0. The molecule has 0 radical (unpaired) electrons. The molecule has 0 atom stereocenters. The van der Waals surface area contributed by atoms with E-state index in [4.69, 9.17) is 28.5 Å². The molecule has 0 saturated carbocycles. The summed E-state index contributed by atoms with van der Waals surface area (Å²) < 4.78 is 13.3. The molecule has 1 rings (SSSR count). The molecule has 0 fully saturated rings. The Hall–Kier alpha value is -1.57. The summed E-state index contributed by atoms with van der Waals surface area (Å²) in [5.74, 6) is -1.40. The Kier molecular flexibility index (Phi) is 4.71. The first-order valence-electron chi connectivity index (χ1n) is 4.84. The molecular formula is C12H9Cl2FN2O. The fraction of sp³-hybridized carbons (Fsp3) is 0.167. The van der Waals surface area contributed by atoms with Gasteiger partial charge in [-0.3, -0.25) is 4.79 Å². The Morgan fingerprint density at radius 2 is 2.00 bits per heavy atom. The number of hydrogen-bond donors (Lipinski definition) is 0. The SMILES string of the molecule is CN(C)/C=C(/C#N)C(=O)c1cc(F)c(Cl)cc1Cl. The Balaban J connectivity index is 3.27. The average molecular weight is 287 g/mol. The van der Waals surface area contributed by atoms with Crippen LogP contribution in [-0.4, -0.2) is 24.8 Å². The molecule has 0 aliphatic heterocycles. The van der Waals surface area contributed by atoms with Crippen LogP contribution in [0.4, 0.5) is 4.39 Å². The number of nitrogens with zero attached hydrogens (tertiary/aromatic N) is 2. The predicted molar refractivity (Wildman–Crippen MR) is 68.1 cm³/mol. The van der Waals surface area contributed by atoms with Crippen molar-refractivity contribution in [3.63, 3.8) is 0 Å². The van der Waals surface area contributed by atoms with Crippen molar-refractivity contribution in [2.24, 2.45) is 0 Å². The fourth-order valence-corrected chi connectivity index (χ4v) is 1.71. The molecular weight excluding hydrogens is 278 g/mol. The lowest BCUT2D eigenvalue weighted by Gasteiger charge is -2.07. The van der Waals surface area contributed by atoms with Gasteiger partial charge in [0.2, 0.25) is 5.78 Å². The van der Waals surface area contributed by atoms with Crippen molar-refractivity contribution in [3.8, 4) is 6.07 Å². The summed E-state index contributed by atoms with van der Waals surface area (Å²) in [6, 6.07) is 3.81. The molecule has 3 nitrogen and oxygen atoms in total. The van der Waals surface area contributed by atoms with E-state index in [0.29, 0.717) is 0 Å². The van der Waals surface area contributed by atoms with Crippen molar-refractivity contribution in [1.29, 1.82) is 5.26 Å². The highest BCUT2D eigenvalue weighted by atomic mass is 35.5. The number of hydrogen-bond acceptors (Lipinski definition) is 3. The maximum absolute atomic E-state index is 13.3. The number of Topliss-reactive ketones (excluding diaryl/α,β-unsaturated/α-hetero) is 1. The first-order chi connectivity index (χ1) is 8.36. The molecule has 1 aromatic carbocycles. The highest BCUT2D eigenvalue weighted by Crippen LogP contribution is 2.26. The van der Waals surface area contributed by atoms with Crippen molar-refractivity contribution in [3.05, 3.63) is 45.3 Å². The van der Waals surface area contributed by atoms with Gasteiger partial charge in [-0.2, -0.15) is 5.26 Å². The van der Waals surface area contributed by atoms with Crippen LogP contribution in [0, 0.1) is 17.1 Å². The second kappa shape index (κ2) is 5.85. The maximum atomic E-state index is 13.3. The Morgan fingerprint density at radius 1 is 1.39 bits per heavy atom. The molecule has 6 heteroatoms. The minimum atomic E-state index is -0.758. The van der Waals surface area contributed by atoms with E-state index < -0.39 is 11.6 Å². The fourth-order valence-electron chi connectivity index (χ4n) is 1.24. The van der Waals surface area contributed by atoms with Crippen LogP contribution in [0.15, 0.2) is 23.9 Å². The smallest absolute Gasteiger partial charge is 0.206 e. The van der Waals surface area contributed by atoms with Crippen LogP contribution in [0.2, 0.25) is 10.0 Å². The summed E-state index contributed by atoms with van der Waals surface area (Å²) >= 11 is 11.3. The first kappa shape index (κ1) is 14.5. The summed E-state index contributed by atoms with van der Waals surface area (Å²) in [4.78, 5) is 13.5. The monoisotopic (exact) mass is 286 g/mol. The first-order valence-corrected chi connectivity index (χ1v) is 5.60. The van der Waals surface area contributed by atoms with Gasteiger partial charge in [0.05, 0.1) is 10.0 Å². The highest BCUT2D eigenvalue weighted by molar-refractivity contribution is 6.37. The van der Waals surface area contributed by atoms with E-state index in [1.165, 1.54) is 11.1 Å². The van der Waals surface area contributed by atoms with Crippen LogP contribution in [0.25, 0.3) is 0 Å². The minimum Gasteiger partial charge on any atom is -0.382 e. The largest absolute Gasteiger partial charge is 0.382 e. The van der Waals surface area contributed by atoms with Crippen molar-refractivity contribution in [2.75, 3.05) is 14.1 Å². The van der Waals surface area contributed by atoms with Crippen molar-refractivity contribution in [2.45, 2.75) is 0 Å². The molecule has 0 aromatic heterocycles. The van der Waals surface area contributed by atoms with Gasteiger partial charge in [0.1, 0.15) is 17.5 Å². The third-order valence-corrected chi connectivity index (χ3v) is 2.61. The second-order valence-corrected chi connectivity index (χ2v) is 4.51. The van der Waals surface area contributed by atoms with Crippen LogP contribution in [0.3, 0.4) is 0 Å². The molecule has 0 spiro atoms. The van der Waals surface area contributed by atoms with E-state index in [1.807, 2.05) is 0 Å². The van der Waals surface area contributed by atoms with Gasteiger partial charge >= 0.3 is 0 Å². The number of halogens is 3. The number of benzene rings is 1. The molecule has 94 valence electrons. The number of carbonyl (C=O) groups is 1. The molecule has 18 heavy (non-hydrogen) atoms. The van der Waals surface area contributed by atoms with Crippen LogP contribution in [0.5, 0.6) is 0 Å². The normalized spacial score (nSPS) is 11.0. The topological polar surface area (TPSA) is 44.1 Å². The highest BCUT2D eigenvalue weighted by Gasteiger charge is 2.18. The quantitative estimate of drug-likeness (QED) is 0.371. The van der Waals surface area contributed by atoms with Crippen molar-refractivity contribution < 1.29 is 9.18 Å². The zero-order valence-electron chi connectivity index (χ0n) is 9.67. The average Bonchev–Trinajstić information content (AvgIpc) is 2.29. The zero-order valence-corrected chi connectivity index (χ0v) is 11.2. The number of nitriles is 1. The summed E-state index contributed by atoms with van der Waals surface area (Å²) in [6.45, 7) is 0. The zero-order chi connectivity index (χ0) is 13.9. The molecule has 1 aromatic rings. The van der Waals surface area contributed by atoms with Crippen LogP contribution in [-0.2, 0) is 0 Å². The van der Waals surface area contributed by atoms with Crippen LogP contribution < -0.4 is 0 Å². The minimum absolute atomic E-state index is 0.00584. The van der Waals surface area contributed by atoms with E-state index in [-0.39, 0.29) is 21.2 Å².